The maximum Gasteiger partial charge on any atom is 0.513 e. The molecule has 0 amide bonds. The first-order valence-electron chi connectivity index (χ1n) is 9.64. The summed E-state index contributed by atoms with van der Waals surface area (Å²) in [5.74, 6) is 0.394. The van der Waals surface area contributed by atoms with Gasteiger partial charge in [-0.2, -0.15) is 0 Å². The van der Waals surface area contributed by atoms with Crippen molar-refractivity contribution < 1.29 is 14.3 Å². The molecule has 7 heteroatoms. The van der Waals surface area contributed by atoms with Crippen LogP contribution in [0.3, 0.4) is 0 Å². The van der Waals surface area contributed by atoms with Crippen LogP contribution in [0, 0.1) is 5.92 Å². The minimum absolute atomic E-state index is 0.102. The molecule has 1 unspecified atom stereocenters. The molecular formula is C22H22Cl2O4S. The third kappa shape index (κ3) is 4.85. The highest BCUT2D eigenvalue weighted by Gasteiger charge is 2.20. The van der Waals surface area contributed by atoms with Crippen molar-refractivity contribution >= 4 is 60.9 Å². The number of unbranched alkanes of at least 4 members (excludes halogenated alkanes) is 1. The third-order valence-corrected chi connectivity index (χ3v) is 6.63. The summed E-state index contributed by atoms with van der Waals surface area (Å²) in [5, 5.41) is 1.23. The van der Waals surface area contributed by atoms with E-state index in [4.69, 9.17) is 32.7 Å². The van der Waals surface area contributed by atoms with Crippen LogP contribution >= 0.6 is 34.5 Å². The molecule has 1 heterocycles. The van der Waals surface area contributed by atoms with Crippen LogP contribution in [0.4, 0.5) is 4.79 Å². The van der Waals surface area contributed by atoms with Crippen molar-refractivity contribution in [3.8, 4) is 5.75 Å². The molecule has 0 aliphatic heterocycles. The van der Waals surface area contributed by atoms with E-state index in [1.807, 2.05) is 12.1 Å². The molecule has 0 saturated carbocycles. The first kappa shape index (κ1) is 21.9. The van der Waals surface area contributed by atoms with E-state index >= 15 is 0 Å². The average Bonchev–Trinajstić information content (AvgIpc) is 2.71. The minimum atomic E-state index is -0.835. The molecule has 1 aromatic heterocycles. The first-order valence-corrected chi connectivity index (χ1v) is 11.2. The lowest BCUT2D eigenvalue weighted by Crippen LogP contribution is -2.17. The van der Waals surface area contributed by atoms with E-state index in [-0.39, 0.29) is 33.2 Å². The van der Waals surface area contributed by atoms with Gasteiger partial charge in [-0.15, -0.1) is 11.3 Å². The van der Waals surface area contributed by atoms with E-state index in [1.165, 1.54) is 17.4 Å². The number of carbonyl (C=O) groups excluding carboxylic acids is 1. The van der Waals surface area contributed by atoms with Gasteiger partial charge in [0.25, 0.3) is 0 Å². The van der Waals surface area contributed by atoms with Gasteiger partial charge in [0.15, 0.2) is 11.2 Å². The number of hydrogen-bond donors (Lipinski definition) is 0. The number of fused-ring (bicyclic) bond motifs is 2. The second-order valence-electron chi connectivity index (χ2n) is 6.88. The zero-order chi connectivity index (χ0) is 21.0. The molecule has 0 bridgehead atoms. The molecule has 2 aromatic carbocycles. The predicted molar refractivity (Wildman–Crippen MR) is 121 cm³/mol. The van der Waals surface area contributed by atoms with Crippen LogP contribution in [-0.4, -0.2) is 12.8 Å². The molecule has 0 saturated heterocycles. The van der Waals surface area contributed by atoms with Crippen LogP contribution < -0.4 is 10.2 Å². The van der Waals surface area contributed by atoms with Gasteiger partial charge in [0.2, 0.25) is 0 Å². The van der Waals surface area contributed by atoms with Gasteiger partial charge in [0.05, 0.1) is 26.7 Å². The van der Waals surface area contributed by atoms with Gasteiger partial charge in [-0.25, -0.2) is 4.79 Å². The topological polar surface area (TPSA) is 52.6 Å². The Morgan fingerprint density at radius 3 is 2.66 bits per heavy atom. The van der Waals surface area contributed by atoms with Gasteiger partial charge in [-0.05, 0) is 30.5 Å². The Balaban J connectivity index is 1.93. The molecule has 0 N–H and O–H groups in total. The van der Waals surface area contributed by atoms with Gasteiger partial charge >= 0.3 is 6.16 Å². The quantitative estimate of drug-likeness (QED) is 0.212. The van der Waals surface area contributed by atoms with Crippen molar-refractivity contribution in [3.63, 3.8) is 0 Å². The fourth-order valence-corrected chi connectivity index (χ4v) is 5.05. The van der Waals surface area contributed by atoms with Crippen molar-refractivity contribution in [1.29, 1.82) is 0 Å². The second kappa shape index (κ2) is 9.79. The van der Waals surface area contributed by atoms with Crippen LogP contribution in [0.15, 0.2) is 35.1 Å². The number of halogens is 2. The largest absolute Gasteiger partial charge is 0.513 e. The van der Waals surface area contributed by atoms with Gasteiger partial charge in [-0.1, -0.05) is 68.4 Å². The Kier molecular flexibility index (Phi) is 7.38. The van der Waals surface area contributed by atoms with Gasteiger partial charge in [0.1, 0.15) is 0 Å². The maximum absolute atomic E-state index is 12.9. The van der Waals surface area contributed by atoms with Crippen molar-refractivity contribution in [2.75, 3.05) is 6.61 Å². The van der Waals surface area contributed by atoms with E-state index in [1.54, 1.807) is 12.1 Å². The van der Waals surface area contributed by atoms with Crippen molar-refractivity contribution in [2.24, 2.45) is 5.92 Å². The highest BCUT2D eigenvalue weighted by molar-refractivity contribution is 7.25. The summed E-state index contributed by atoms with van der Waals surface area (Å²) >= 11 is 13.9. The van der Waals surface area contributed by atoms with Crippen LogP contribution in [0.2, 0.25) is 10.0 Å². The molecule has 3 aromatic rings. The van der Waals surface area contributed by atoms with Crippen LogP contribution in [0.25, 0.3) is 20.2 Å². The number of benzene rings is 2. The summed E-state index contributed by atoms with van der Waals surface area (Å²) in [5.41, 5.74) is -0.222. The number of rotatable bonds is 7. The van der Waals surface area contributed by atoms with E-state index in [0.717, 1.165) is 30.4 Å². The average molecular weight is 453 g/mol. The van der Waals surface area contributed by atoms with E-state index in [0.29, 0.717) is 16.0 Å². The summed E-state index contributed by atoms with van der Waals surface area (Å²) in [6, 6.07) is 8.63. The van der Waals surface area contributed by atoms with Crippen molar-refractivity contribution in [2.45, 2.75) is 39.5 Å². The monoisotopic (exact) mass is 452 g/mol. The Labute approximate surface area is 183 Å². The SMILES string of the molecule is CCCCC(CC)COC(=O)Oc1c(Cl)cc(Cl)c2c(=O)c3ccccc3sc12. The first-order chi connectivity index (χ1) is 14.0. The van der Waals surface area contributed by atoms with E-state index < -0.39 is 6.16 Å². The van der Waals surface area contributed by atoms with Crippen LogP contribution in [0.1, 0.15) is 39.5 Å². The molecule has 0 aliphatic rings. The molecule has 1 atom stereocenters. The standard InChI is InChI=1S/C22H22Cl2O4S/c1-3-5-8-13(4-2)12-27-22(26)28-20-16(24)11-15(23)18-19(25)14-9-6-7-10-17(14)29-21(18)20/h6-7,9-11,13H,3-5,8,12H2,1-2H3. The van der Waals surface area contributed by atoms with Crippen molar-refractivity contribution in [3.05, 3.63) is 50.6 Å². The number of carbonyl (C=O) groups is 1. The molecule has 4 nitrogen and oxygen atoms in total. The molecule has 0 fully saturated rings. The maximum atomic E-state index is 12.9. The highest BCUT2D eigenvalue weighted by atomic mass is 35.5. The Bertz CT molecular complexity index is 1090. The normalized spacial score (nSPS) is 12.3. The van der Waals surface area contributed by atoms with Gasteiger partial charge < -0.3 is 9.47 Å². The van der Waals surface area contributed by atoms with E-state index in [2.05, 4.69) is 13.8 Å². The lowest BCUT2D eigenvalue weighted by Gasteiger charge is -2.15. The van der Waals surface area contributed by atoms with E-state index in [9.17, 15) is 9.59 Å². The third-order valence-electron chi connectivity index (χ3n) is 4.88. The van der Waals surface area contributed by atoms with Crippen molar-refractivity contribution in [1.82, 2.24) is 0 Å². The molecule has 154 valence electrons. The Morgan fingerprint density at radius 2 is 1.93 bits per heavy atom. The number of ether oxygens (including phenoxy) is 2. The summed E-state index contributed by atoms with van der Waals surface area (Å²) in [7, 11) is 0. The zero-order valence-electron chi connectivity index (χ0n) is 16.3. The van der Waals surface area contributed by atoms with Crippen LogP contribution in [0.5, 0.6) is 5.75 Å². The Hall–Kier alpha value is -1.82. The molecule has 0 radical (unpaired) electrons. The summed E-state index contributed by atoms with van der Waals surface area (Å²) in [4.78, 5) is 25.2. The minimum Gasteiger partial charge on any atom is -0.434 e. The number of hydrogen-bond acceptors (Lipinski definition) is 5. The van der Waals surface area contributed by atoms with Gasteiger partial charge in [0, 0.05) is 10.1 Å². The fourth-order valence-electron chi connectivity index (χ4n) is 3.17. The highest BCUT2D eigenvalue weighted by Crippen LogP contribution is 2.41. The fraction of sp³-hybridized carbons (Fsp3) is 0.364. The summed E-state index contributed by atoms with van der Waals surface area (Å²) in [6.45, 7) is 4.49. The molecular weight excluding hydrogens is 431 g/mol. The molecule has 29 heavy (non-hydrogen) atoms. The zero-order valence-corrected chi connectivity index (χ0v) is 18.6. The smallest absolute Gasteiger partial charge is 0.434 e. The lowest BCUT2D eigenvalue weighted by atomic mass is 10.0. The second-order valence-corrected chi connectivity index (χ2v) is 8.75. The summed E-state index contributed by atoms with van der Waals surface area (Å²) < 4.78 is 11.9. The lowest BCUT2D eigenvalue weighted by molar-refractivity contribution is 0.0817. The molecule has 3 rings (SSSR count). The Morgan fingerprint density at radius 1 is 1.17 bits per heavy atom. The molecule has 0 aliphatic carbocycles. The van der Waals surface area contributed by atoms with Gasteiger partial charge in [-0.3, -0.25) is 4.79 Å². The van der Waals surface area contributed by atoms with Crippen LogP contribution in [-0.2, 0) is 4.74 Å². The molecule has 0 spiro atoms. The summed E-state index contributed by atoms with van der Waals surface area (Å²) in [6.07, 6.45) is 3.27. The predicted octanol–water partition coefficient (Wildman–Crippen LogP) is 7.45.